The molecule has 1 unspecified atom stereocenters. The third kappa shape index (κ3) is 2.76. The number of ether oxygens (including phenoxy) is 1. The van der Waals surface area contributed by atoms with Gasteiger partial charge in [0.1, 0.15) is 18.5 Å². The van der Waals surface area contributed by atoms with E-state index >= 15 is 0 Å². The van der Waals surface area contributed by atoms with Crippen LogP contribution in [0.5, 0.6) is 5.75 Å². The van der Waals surface area contributed by atoms with E-state index in [1.165, 1.54) is 0 Å². The summed E-state index contributed by atoms with van der Waals surface area (Å²) in [6, 6.07) is 11.1. The summed E-state index contributed by atoms with van der Waals surface area (Å²) in [5.74, 6) is 0.661. The van der Waals surface area contributed by atoms with E-state index in [-0.39, 0.29) is 0 Å². The number of para-hydroxylation sites is 1. The predicted octanol–water partition coefficient (Wildman–Crippen LogP) is 2.73. The fourth-order valence-electron chi connectivity index (χ4n) is 1.70. The third-order valence-electron chi connectivity index (χ3n) is 2.57. The minimum atomic E-state index is -0.736. The van der Waals surface area contributed by atoms with Crippen LogP contribution in [0.15, 0.2) is 61.4 Å². The SMILES string of the molecule is C=CCOc1ccccc1C(O)c1cccnc1. The van der Waals surface area contributed by atoms with Gasteiger partial charge in [0.05, 0.1) is 0 Å². The van der Waals surface area contributed by atoms with E-state index in [0.717, 1.165) is 11.1 Å². The summed E-state index contributed by atoms with van der Waals surface area (Å²) in [4.78, 5) is 4.01. The molecule has 1 aromatic heterocycles. The molecular formula is C15H15NO2. The molecule has 0 radical (unpaired) electrons. The Balaban J connectivity index is 2.29. The summed E-state index contributed by atoms with van der Waals surface area (Å²) in [5, 5.41) is 10.3. The second kappa shape index (κ2) is 5.98. The topological polar surface area (TPSA) is 42.4 Å². The fraction of sp³-hybridized carbons (Fsp3) is 0.133. The van der Waals surface area contributed by atoms with Crippen LogP contribution < -0.4 is 4.74 Å². The van der Waals surface area contributed by atoms with Crippen molar-refractivity contribution in [1.29, 1.82) is 0 Å². The van der Waals surface area contributed by atoms with Gasteiger partial charge in [0.15, 0.2) is 0 Å². The second-order valence-electron chi connectivity index (χ2n) is 3.83. The van der Waals surface area contributed by atoms with Gasteiger partial charge in [0.2, 0.25) is 0 Å². The van der Waals surface area contributed by atoms with E-state index in [1.54, 1.807) is 24.5 Å². The minimum Gasteiger partial charge on any atom is -0.489 e. The molecule has 0 saturated carbocycles. The molecule has 2 rings (SSSR count). The number of nitrogens with zero attached hydrogens (tertiary/aromatic N) is 1. The lowest BCUT2D eigenvalue weighted by atomic mass is 10.0. The summed E-state index contributed by atoms with van der Waals surface area (Å²) in [6.45, 7) is 4.02. The zero-order chi connectivity index (χ0) is 12.8. The maximum Gasteiger partial charge on any atom is 0.125 e. The molecule has 0 fully saturated rings. The van der Waals surface area contributed by atoms with Crippen LogP contribution in [0.25, 0.3) is 0 Å². The van der Waals surface area contributed by atoms with Crippen LogP contribution in [0.1, 0.15) is 17.2 Å². The Morgan fingerprint density at radius 3 is 2.83 bits per heavy atom. The van der Waals surface area contributed by atoms with Gasteiger partial charge in [-0.15, -0.1) is 0 Å². The number of aliphatic hydroxyl groups is 1. The lowest BCUT2D eigenvalue weighted by Gasteiger charge is -2.15. The highest BCUT2D eigenvalue weighted by atomic mass is 16.5. The third-order valence-corrected chi connectivity index (χ3v) is 2.57. The van der Waals surface area contributed by atoms with Gasteiger partial charge in [0, 0.05) is 23.5 Å². The molecule has 2 aromatic rings. The largest absolute Gasteiger partial charge is 0.489 e. The summed E-state index contributed by atoms with van der Waals surface area (Å²) >= 11 is 0. The fourth-order valence-corrected chi connectivity index (χ4v) is 1.70. The van der Waals surface area contributed by atoms with Crippen LogP contribution in [0.3, 0.4) is 0 Å². The monoisotopic (exact) mass is 241 g/mol. The summed E-state index contributed by atoms with van der Waals surface area (Å²) in [6.07, 6.45) is 4.26. The zero-order valence-electron chi connectivity index (χ0n) is 9.99. The van der Waals surface area contributed by atoms with E-state index in [9.17, 15) is 5.11 Å². The molecule has 0 saturated heterocycles. The Kier molecular flexibility index (Phi) is 4.10. The van der Waals surface area contributed by atoms with Crippen LogP contribution in [-0.4, -0.2) is 16.7 Å². The van der Waals surface area contributed by atoms with E-state index in [1.807, 2.05) is 30.3 Å². The van der Waals surface area contributed by atoms with E-state index in [2.05, 4.69) is 11.6 Å². The van der Waals surface area contributed by atoms with Crippen LogP contribution in [0.2, 0.25) is 0 Å². The maximum atomic E-state index is 10.3. The molecule has 0 amide bonds. The van der Waals surface area contributed by atoms with E-state index < -0.39 is 6.10 Å². The first-order valence-electron chi connectivity index (χ1n) is 5.73. The minimum absolute atomic E-state index is 0.413. The second-order valence-corrected chi connectivity index (χ2v) is 3.83. The number of aromatic nitrogens is 1. The zero-order valence-corrected chi connectivity index (χ0v) is 9.99. The molecule has 0 bridgehead atoms. The van der Waals surface area contributed by atoms with Crippen molar-refractivity contribution in [3.05, 3.63) is 72.6 Å². The van der Waals surface area contributed by atoms with Crippen molar-refractivity contribution >= 4 is 0 Å². The molecule has 0 aliphatic rings. The van der Waals surface area contributed by atoms with Gasteiger partial charge in [-0.25, -0.2) is 0 Å². The van der Waals surface area contributed by atoms with Crippen molar-refractivity contribution in [3.63, 3.8) is 0 Å². The highest BCUT2D eigenvalue weighted by molar-refractivity contribution is 5.39. The number of benzene rings is 1. The van der Waals surface area contributed by atoms with Crippen LogP contribution >= 0.6 is 0 Å². The van der Waals surface area contributed by atoms with Gasteiger partial charge in [-0.2, -0.15) is 0 Å². The summed E-state index contributed by atoms with van der Waals surface area (Å²) < 4.78 is 5.53. The standard InChI is InChI=1S/C15H15NO2/c1-2-10-18-14-8-4-3-7-13(14)15(17)12-6-5-9-16-11-12/h2-9,11,15,17H,1,10H2. The molecule has 0 aliphatic heterocycles. The van der Waals surface area contributed by atoms with Crippen molar-refractivity contribution < 1.29 is 9.84 Å². The number of pyridine rings is 1. The van der Waals surface area contributed by atoms with Crippen molar-refractivity contribution in [2.45, 2.75) is 6.10 Å². The van der Waals surface area contributed by atoms with Gasteiger partial charge >= 0.3 is 0 Å². The normalized spacial score (nSPS) is 11.8. The molecule has 1 atom stereocenters. The molecule has 3 nitrogen and oxygen atoms in total. The number of hydrogen-bond acceptors (Lipinski definition) is 3. The molecule has 3 heteroatoms. The molecule has 18 heavy (non-hydrogen) atoms. The highest BCUT2D eigenvalue weighted by Crippen LogP contribution is 2.29. The molecule has 1 N–H and O–H groups in total. The van der Waals surface area contributed by atoms with Gasteiger partial charge in [-0.05, 0) is 12.1 Å². The Morgan fingerprint density at radius 2 is 2.11 bits per heavy atom. The number of hydrogen-bond donors (Lipinski definition) is 1. The predicted molar refractivity (Wildman–Crippen MR) is 70.4 cm³/mol. The Morgan fingerprint density at radius 1 is 1.28 bits per heavy atom. The van der Waals surface area contributed by atoms with Crippen LogP contribution in [0, 0.1) is 0 Å². The number of aliphatic hydroxyl groups excluding tert-OH is 1. The van der Waals surface area contributed by atoms with Crippen LogP contribution in [-0.2, 0) is 0 Å². The molecular weight excluding hydrogens is 226 g/mol. The van der Waals surface area contributed by atoms with Crippen molar-refractivity contribution in [1.82, 2.24) is 4.98 Å². The molecule has 0 spiro atoms. The maximum absolute atomic E-state index is 10.3. The number of rotatable bonds is 5. The highest BCUT2D eigenvalue weighted by Gasteiger charge is 2.14. The van der Waals surface area contributed by atoms with E-state index in [0.29, 0.717) is 12.4 Å². The lowest BCUT2D eigenvalue weighted by molar-refractivity contribution is 0.212. The average Bonchev–Trinajstić information content (AvgIpc) is 2.45. The smallest absolute Gasteiger partial charge is 0.125 e. The first-order chi connectivity index (χ1) is 8.83. The van der Waals surface area contributed by atoms with Gasteiger partial charge in [-0.3, -0.25) is 4.98 Å². The van der Waals surface area contributed by atoms with Crippen molar-refractivity contribution in [2.24, 2.45) is 0 Å². The molecule has 1 aromatic carbocycles. The summed E-state index contributed by atoms with van der Waals surface area (Å²) in [5.41, 5.74) is 1.47. The van der Waals surface area contributed by atoms with Crippen molar-refractivity contribution in [3.8, 4) is 5.75 Å². The van der Waals surface area contributed by atoms with Gasteiger partial charge in [-0.1, -0.05) is 36.9 Å². The lowest BCUT2D eigenvalue weighted by Crippen LogP contribution is -2.04. The Bertz CT molecular complexity index is 511. The Hall–Kier alpha value is -2.13. The quantitative estimate of drug-likeness (QED) is 0.818. The first kappa shape index (κ1) is 12.3. The van der Waals surface area contributed by atoms with Crippen LogP contribution in [0.4, 0.5) is 0 Å². The first-order valence-corrected chi connectivity index (χ1v) is 5.73. The molecule has 1 heterocycles. The average molecular weight is 241 g/mol. The molecule has 0 aliphatic carbocycles. The van der Waals surface area contributed by atoms with Crippen molar-refractivity contribution in [2.75, 3.05) is 6.61 Å². The Labute approximate surface area is 106 Å². The molecule has 92 valence electrons. The summed E-state index contributed by atoms with van der Waals surface area (Å²) in [7, 11) is 0. The van der Waals surface area contributed by atoms with E-state index in [4.69, 9.17) is 4.74 Å². The van der Waals surface area contributed by atoms with Gasteiger partial charge < -0.3 is 9.84 Å². The van der Waals surface area contributed by atoms with Gasteiger partial charge in [0.25, 0.3) is 0 Å².